The molecule has 5 nitrogen and oxygen atoms in total. The van der Waals surface area contributed by atoms with E-state index >= 15 is 0 Å². The van der Waals surface area contributed by atoms with E-state index in [2.05, 4.69) is 9.97 Å². The summed E-state index contributed by atoms with van der Waals surface area (Å²) in [6.07, 6.45) is 1.29. The predicted molar refractivity (Wildman–Crippen MR) is 88.0 cm³/mol. The van der Waals surface area contributed by atoms with Crippen LogP contribution in [0, 0.1) is 0 Å². The lowest BCUT2D eigenvalue weighted by molar-refractivity contribution is -0.112. The third-order valence-corrected chi connectivity index (χ3v) is 4.43. The summed E-state index contributed by atoms with van der Waals surface area (Å²) in [5.41, 5.74) is 2.36. The monoisotopic (exact) mass is 387 g/mol. The number of hydrogen-bond acceptors (Lipinski definition) is 5. The van der Waals surface area contributed by atoms with Gasteiger partial charge in [0.1, 0.15) is 16.5 Å². The van der Waals surface area contributed by atoms with Crippen molar-refractivity contribution >= 4 is 29.5 Å². The molecule has 9 heteroatoms. The number of nitrogens with zero attached hydrogens (tertiary/aromatic N) is 3. The molecule has 0 fully saturated rings. The van der Waals surface area contributed by atoms with Crippen LogP contribution in [-0.2, 0) is 17.9 Å². The Morgan fingerprint density at radius 1 is 1.40 bits per heavy atom. The van der Waals surface area contributed by atoms with E-state index in [1.54, 1.807) is 18.3 Å². The highest BCUT2D eigenvalue weighted by molar-refractivity contribution is 6.31. The molecule has 2 aromatic rings. The topological polar surface area (TPSA) is 55.3 Å². The van der Waals surface area contributed by atoms with Crippen LogP contribution in [0.5, 0.6) is 5.88 Å². The lowest BCUT2D eigenvalue weighted by Gasteiger charge is -2.20. The van der Waals surface area contributed by atoms with E-state index in [1.807, 2.05) is 4.90 Å². The van der Waals surface area contributed by atoms with Gasteiger partial charge in [-0.2, -0.15) is 0 Å². The minimum Gasteiger partial charge on any atom is -0.471 e. The van der Waals surface area contributed by atoms with Crippen LogP contribution in [0.1, 0.15) is 22.7 Å². The highest BCUT2D eigenvalue weighted by Gasteiger charge is 2.31. The Morgan fingerprint density at radius 2 is 2.20 bits per heavy atom. The number of halogens is 4. The third kappa shape index (κ3) is 3.89. The van der Waals surface area contributed by atoms with E-state index in [4.69, 9.17) is 27.9 Å². The van der Waals surface area contributed by atoms with Gasteiger partial charge in [0.2, 0.25) is 5.88 Å². The van der Waals surface area contributed by atoms with Crippen LogP contribution < -0.4 is 4.74 Å². The number of fused-ring (bicyclic) bond motifs is 1. The van der Waals surface area contributed by atoms with Gasteiger partial charge in [0.05, 0.1) is 6.04 Å². The van der Waals surface area contributed by atoms with E-state index in [0.717, 1.165) is 23.0 Å². The van der Waals surface area contributed by atoms with Crippen molar-refractivity contribution in [1.29, 1.82) is 0 Å². The van der Waals surface area contributed by atoms with Crippen molar-refractivity contribution in [3.63, 3.8) is 0 Å². The average Bonchev–Trinajstić information content (AvgIpc) is 2.92. The van der Waals surface area contributed by atoms with Gasteiger partial charge in [-0.25, -0.2) is 18.7 Å². The molecule has 132 valence electrons. The summed E-state index contributed by atoms with van der Waals surface area (Å²) < 4.78 is 29.2. The molecule has 0 aromatic carbocycles. The van der Waals surface area contributed by atoms with Gasteiger partial charge in [0.25, 0.3) is 6.43 Å². The fourth-order valence-corrected chi connectivity index (χ4v) is 3.23. The zero-order valence-electron chi connectivity index (χ0n) is 12.8. The minimum atomic E-state index is -2.60. The minimum absolute atomic E-state index is 0.0467. The first-order valence-electron chi connectivity index (χ1n) is 7.37. The van der Waals surface area contributed by atoms with Gasteiger partial charge >= 0.3 is 0 Å². The second-order valence-corrected chi connectivity index (χ2v) is 6.25. The number of carbonyl (C=O) groups is 1. The van der Waals surface area contributed by atoms with Crippen molar-refractivity contribution in [3.8, 4) is 5.88 Å². The number of hydrogen-bond donors (Lipinski definition) is 0. The molecule has 0 spiro atoms. The Hall–Kier alpha value is -1.83. The van der Waals surface area contributed by atoms with Crippen molar-refractivity contribution in [2.45, 2.75) is 25.6 Å². The molecule has 2 aromatic heterocycles. The molecular weight excluding hydrogens is 375 g/mol. The molecule has 0 aliphatic carbocycles. The molecule has 25 heavy (non-hydrogen) atoms. The summed E-state index contributed by atoms with van der Waals surface area (Å²) in [5.74, 6) is -0.0467. The largest absolute Gasteiger partial charge is 0.471 e. The van der Waals surface area contributed by atoms with Crippen LogP contribution in [0.4, 0.5) is 8.78 Å². The van der Waals surface area contributed by atoms with Crippen LogP contribution in [0.15, 0.2) is 24.5 Å². The normalized spacial score (nSPS) is 16.9. The van der Waals surface area contributed by atoms with Crippen LogP contribution in [0.2, 0.25) is 10.2 Å². The summed E-state index contributed by atoms with van der Waals surface area (Å²) in [5, 5.41) is 0.510. The summed E-state index contributed by atoms with van der Waals surface area (Å²) in [7, 11) is 0. The Labute approximate surface area is 152 Å². The van der Waals surface area contributed by atoms with Crippen LogP contribution in [0.3, 0.4) is 0 Å². The van der Waals surface area contributed by atoms with E-state index in [-0.39, 0.29) is 10.9 Å². The van der Waals surface area contributed by atoms with Crippen LogP contribution in [-0.4, -0.2) is 34.2 Å². The maximum atomic E-state index is 12.2. The van der Waals surface area contributed by atoms with Gasteiger partial charge in [-0.3, -0.25) is 4.90 Å². The van der Waals surface area contributed by atoms with Gasteiger partial charge in [-0.1, -0.05) is 23.2 Å². The fraction of sp³-hybridized carbons (Fsp3) is 0.312. The zero-order valence-corrected chi connectivity index (χ0v) is 14.3. The molecule has 0 amide bonds. The van der Waals surface area contributed by atoms with Crippen molar-refractivity contribution in [2.75, 3.05) is 6.61 Å². The first-order valence-corrected chi connectivity index (χ1v) is 8.13. The molecule has 0 saturated carbocycles. The molecule has 1 unspecified atom stereocenters. The molecule has 1 aliphatic heterocycles. The SMILES string of the molecule is O=CC1c2ccnc(Cl)c2CN1Cc1cnc(OCC(F)F)c(Cl)c1. The lowest BCUT2D eigenvalue weighted by Crippen LogP contribution is -2.22. The average molecular weight is 388 g/mol. The number of aromatic nitrogens is 2. The van der Waals surface area contributed by atoms with Crippen LogP contribution in [0.25, 0.3) is 0 Å². The molecule has 0 saturated heterocycles. The maximum absolute atomic E-state index is 12.2. The van der Waals surface area contributed by atoms with Gasteiger partial charge in [0, 0.05) is 31.0 Å². The zero-order chi connectivity index (χ0) is 18.0. The number of pyridine rings is 2. The van der Waals surface area contributed by atoms with Crippen molar-refractivity contribution in [3.05, 3.63) is 51.4 Å². The lowest BCUT2D eigenvalue weighted by atomic mass is 10.1. The maximum Gasteiger partial charge on any atom is 0.272 e. The smallest absolute Gasteiger partial charge is 0.272 e. The standard InChI is InChI=1S/C16H13Cl2F2N3O2/c17-12-3-9(4-22-16(12)25-8-14(19)20)5-23-6-11-10(13(23)7-24)1-2-21-15(11)18/h1-4,7,13-14H,5-6,8H2. The first kappa shape index (κ1) is 18.0. The Balaban J connectivity index is 1.76. The van der Waals surface area contributed by atoms with Crippen molar-refractivity contribution < 1.29 is 18.3 Å². The highest BCUT2D eigenvalue weighted by atomic mass is 35.5. The summed E-state index contributed by atoms with van der Waals surface area (Å²) in [4.78, 5) is 21.4. The number of carbonyl (C=O) groups excluding carboxylic acids is 1. The van der Waals surface area contributed by atoms with E-state index in [9.17, 15) is 13.6 Å². The quantitative estimate of drug-likeness (QED) is 0.558. The van der Waals surface area contributed by atoms with Crippen molar-refractivity contribution in [1.82, 2.24) is 14.9 Å². The van der Waals surface area contributed by atoms with Gasteiger partial charge < -0.3 is 9.53 Å². The Bertz CT molecular complexity index is 792. The molecular formula is C16H13Cl2F2N3O2. The molecule has 0 N–H and O–H groups in total. The van der Waals surface area contributed by atoms with E-state index in [1.165, 1.54) is 6.20 Å². The summed E-state index contributed by atoms with van der Waals surface area (Å²) in [6.45, 7) is 0.0785. The van der Waals surface area contributed by atoms with Crippen LogP contribution >= 0.6 is 23.2 Å². The van der Waals surface area contributed by atoms with E-state index < -0.39 is 19.1 Å². The van der Waals surface area contributed by atoms with Gasteiger partial charge in [-0.05, 0) is 23.3 Å². The van der Waals surface area contributed by atoms with Gasteiger partial charge in [0.15, 0.2) is 6.61 Å². The number of ether oxygens (including phenoxy) is 1. The highest BCUT2D eigenvalue weighted by Crippen LogP contribution is 2.36. The number of aldehydes is 1. The molecule has 3 rings (SSSR count). The summed E-state index contributed by atoms with van der Waals surface area (Å²) >= 11 is 12.1. The second kappa shape index (κ2) is 7.59. The molecule has 3 heterocycles. The third-order valence-electron chi connectivity index (χ3n) is 3.84. The number of rotatable bonds is 6. The Morgan fingerprint density at radius 3 is 2.88 bits per heavy atom. The first-order chi connectivity index (χ1) is 12.0. The van der Waals surface area contributed by atoms with Gasteiger partial charge in [-0.15, -0.1) is 0 Å². The molecule has 1 atom stereocenters. The predicted octanol–water partition coefficient (Wildman–Crippen LogP) is 3.68. The number of alkyl halides is 2. The molecule has 0 bridgehead atoms. The molecule has 0 radical (unpaired) electrons. The van der Waals surface area contributed by atoms with E-state index in [0.29, 0.717) is 18.2 Å². The Kier molecular flexibility index (Phi) is 5.46. The summed E-state index contributed by atoms with van der Waals surface area (Å²) in [6, 6.07) is 2.91. The van der Waals surface area contributed by atoms with Crippen molar-refractivity contribution in [2.24, 2.45) is 0 Å². The second-order valence-electron chi connectivity index (χ2n) is 5.49. The fourth-order valence-electron chi connectivity index (χ4n) is 2.76. The molecule has 1 aliphatic rings.